The molecule has 0 saturated carbocycles. The molecule has 170 valence electrons. The minimum absolute atomic E-state index is 0.0438. The lowest BCUT2D eigenvalue weighted by atomic mass is 9.97. The highest BCUT2D eigenvalue weighted by Crippen LogP contribution is 2.27. The number of nitrogens with one attached hydrogen (secondary N) is 2. The van der Waals surface area contributed by atoms with Crippen LogP contribution < -0.4 is 10.9 Å². The van der Waals surface area contributed by atoms with Crippen LogP contribution in [0.1, 0.15) is 55.8 Å². The Labute approximate surface area is 191 Å². The molecule has 0 aliphatic carbocycles. The maximum Gasteiger partial charge on any atom is 0.259 e. The van der Waals surface area contributed by atoms with Crippen molar-refractivity contribution in [3.05, 3.63) is 26.6 Å². The van der Waals surface area contributed by atoms with E-state index in [1.807, 2.05) is 25.7 Å². The normalized spacial score (nSPS) is 17.7. The minimum atomic E-state index is -0.269. The van der Waals surface area contributed by atoms with Crippen LogP contribution in [0, 0.1) is 19.8 Å². The van der Waals surface area contributed by atoms with Gasteiger partial charge >= 0.3 is 0 Å². The summed E-state index contributed by atoms with van der Waals surface area (Å²) in [5, 5.41) is 3.39. The van der Waals surface area contributed by atoms with E-state index in [9.17, 15) is 14.4 Å². The van der Waals surface area contributed by atoms with E-state index in [2.05, 4.69) is 22.2 Å². The van der Waals surface area contributed by atoms with E-state index >= 15 is 0 Å². The van der Waals surface area contributed by atoms with Crippen molar-refractivity contribution in [2.45, 2.75) is 64.4 Å². The molecule has 1 aliphatic heterocycles. The van der Waals surface area contributed by atoms with Gasteiger partial charge in [0.1, 0.15) is 10.7 Å². The second-order valence-electron chi connectivity index (χ2n) is 8.20. The van der Waals surface area contributed by atoms with E-state index in [0.29, 0.717) is 36.6 Å². The van der Waals surface area contributed by atoms with E-state index in [0.717, 1.165) is 41.0 Å². The second-order valence-corrected chi connectivity index (χ2v) is 10.7. The molecule has 0 spiro atoms. The van der Waals surface area contributed by atoms with Crippen LogP contribution in [0.15, 0.2) is 4.79 Å². The van der Waals surface area contributed by atoms with E-state index < -0.39 is 0 Å². The molecular formula is C22H32N4O3S2. The van der Waals surface area contributed by atoms with Crippen LogP contribution in [0.2, 0.25) is 0 Å². The summed E-state index contributed by atoms with van der Waals surface area (Å²) in [7, 11) is 0. The lowest BCUT2D eigenvalue weighted by Crippen LogP contribution is -2.47. The second kappa shape index (κ2) is 10.6. The van der Waals surface area contributed by atoms with Crippen molar-refractivity contribution in [2.75, 3.05) is 19.6 Å². The number of fused-ring (bicyclic) bond motifs is 1. The summed E-state index contributed by atoms with van der Waals surface area (Å²) in [6.45, 7) is 9.78. The van der Waals surface area contributed by atoms with E-state index in [1.54, 1.807) is 0 Å². The fraction of sp³-hybridized carbons (Fsp3) is 0.636. The molecule has 3 heterocycles. The molecule has 2 amide bonds. The van der Waals surface area contributed by atoms with Crippen molar-refractivity contribution in [3.8, 4) is 0 Å². The van der Waals surface area contributed by atoms with Gasteiger partial charge in [0.2, 0.25) is 11.8 Å². The number of thioether (sulfide) groups is 1. The van der Waals surface area contributed by atoms with Gasteiger partial charge in [0.25, 0.3) is 5.56 Å². The van der Waals surface area contributed by atoms with Gasteiger partial charge in [-0.1, -0.05) is 13.3 Å². The summed E-state index contributed by atoms with van der Waals surface area (Å²) in [5.41, 5.74) is 0.865. The number of carbonyl (C=O) groups is 2. The number of amides is 2. The molecule has 1 saturated heterocycles. The molecule has 1 fully saturated rings. The average Bonchev–Trinajstić information content (AvgIpc) is 3.05. The van der Waals surface area contributed by atoms with Crippen LogP contribution in [0.4, 0.5) is 0 Å². The Hall–Kier alpha value is -1.87. The third-order valence-electron chi connectivity index (χ3n) is 5.84. The fourth-order valence-corrected chi connectivity index (χ4v) is 5.71. The van der Waals surface area contributed by atoms with Crippen LogP contribution in [-0.2, 0) is 15.3 Å². The van der Waals surface area contributed by atoms with Crippen LogP contribution in [0.3, 0.4) is 0 Å². The van der Waals surface area contributed by atoms with Gasteiger partial charge in [0.15, 0.2) is 0 Å². The molecular weight excluding hydrogens is 432 g/mol. The number of likely N-dealkylation sites (tertiary alicyclic amines) is 1. The summed E-state index contributed by atoms with van der Waals surface area (Å²) in [6.07, 6.45) is 3.69. The SMILES string of the molecule is CCCCNC(=O)C1CCCN(C(=O)C(C)SCc2nc3sc(C)c(C)c3c(=O)[nH]2)C1. The van der Waals surface area contributed by atoms with Crippen molar-refractivity contribution in [1.82, 2.24) is 20.2 Å². The van der Waals surface area contributed by atoms with Gasteiger partial charge in [-0.15, -0.1) is 23.1 Å². The Morgan fingerprint density at radius 1 is 1.39 bits per heavy atom. The molecule has 2 aromatic rings. The van der Waals surface area contributed by atoms with Crippen LogP contribution >= 0.6 is 23.1 Å². The minimum Gasteiger partial charge on any atom is -0.356 e. The number of thiophene rings is 1. The van der Waals surface area contributed by atoms with Gasteiger partial charge in [-0.2, -0.15) is 0 Å². The number of piperidine rings is 1. The predicted molar refractivity (Wildman–Crippen MR) is 128 cm³/mol. The van der Waals surface area contributed by atoms with Crippen LogP contribution in [0.25, 0.3) is 10.2 Å². The van der Waals surface area contributed by atoms with Crippen molar-refractivity contribution in [2.24, 2.45) is 5.92 Å². The Morgan fingerprint density at radius 3 is 2.90 bits per heavy atom. The van der Waals surface area contributed by atoms with Gasteiger partial charge < -0.3 is 15.2 Å². The fourth-order valence-electron chi connectivity index (χ4n) is 3.82. The predicted octanol–water partition coefficient (Wildman–Crippen LogP) is 3.38. The first kappa shape index (κ1) is 23.8. The molecule has 31 heavy (non-hydrogen) atoms. The van der Waals surface area contributed by atoms with E-state index in [4.69, 9.17) is 0 Å². The summed E-state index contributed by atoms with van der Waals surface area (Å²) >= 11 is 2.99. The molecule has 7 nitrogen and oxygen atoms in total. The number of rotatable bonds is 8. The molecule has 0 aromatic carbocycles. The molecule has 3 rings (SSSR count). The van der Waals surface area contributed by atoms with Crippen molar-refractivity contribution < 1.29 is 9.59 Å². The number of carbonyl (C=O) groups excluding carboxylic acids is 2. The number of hydrogen-bond donors (Lipinski definition) is 2. The zero-order chi connectivity index (χ0) is 22.5. The Kier molecular flexibility index (Phi) is 8.16. The third kappa shape index (κ3) is 5.68. The highest BCUT2D eigenvalue weighted by molar-refractivity contribution is 7.99. The lowest BCUT2D eigenvalue weighted by molar-refractivity contribution is -0.135. The van der Waals surface area contributed by atoms with Gasteiger partial charge in [-0.25, -0.2) is 4.98 Å². The summed E-state index contributed by atoms with van der Waals surface area (Å²) < 4.78 is 0. The lowest BCUT2D eigenvalue weighted by Gasteiger charge is -2.33. The highest BCUT2D eigenvalue weighted by atomic mass is 32.2. The van der Waals surface area contributed by atoms with Gasteiger partial charge in [-0.05, 0) is 45.6 Å². The molecule has 2 atom stereocenters. The van der Waals surface area contributed by atoms with Gasteiger partial charge in [0.05, 0.1) is 22.3 Å². The molecule has 2 N–H and O–H groups in total. The number of H-pyrrole nitrogens is 1. The number of hydrogen-bond acceptors (Lipinski definition) is 6. The number of aromatic amines is 1. The molecule has 2 unspecified atom stereocenters. The number of aromatic nitrogens is 2. The zero-order valence-corrected chi connectivity index (χ0v) is 20.4. The number of aryl methyl sites for hydroxylation is 2. The maximum absolute atomic E-state index is 13.0. The largest absolute Gasteiger partial charge is 0.356 e. The smallest absolute Gasteiger partial charge is 0.259 e. The zero-order valence-electron chi connectivity index (χ0n) is 18.7. The van der Waals surface area contributed by atoms with Crippen molar-refractivity contribution >= 4 is 45.1 Å². The standard InChI is InChI=1S/C22H32N4O3S2/c1-5-6-9-23-19(27)16-8-7-10-26(11-16)22(29)15(4)30-12-17-24-20(28)18-13(2)14(3)31-21(18)25-17/h15-16H,5-12H2,1-4H3,(H,23,27)(H,24,25,28). The number of nitrogens with zero attached hydrogens (tertiary/aromatic N) is 2. The molecule has 0 bridgehead atoms. The molecule has 9 heteroatoms. The summed E-state index contributed by atoms with van der Waals surface area (Å²) in [6, 6.07) is 0. The quantitative estimate of drug-likeness (QED) is 0.584. The van der Waals surface area contributed by atoms with Gasteiger partial charge in [0, 0.05) is 24.5 Å². The van der Waals surface area contributed by atoms with Crippen LogP contribution in [0.5, 0.6) is 0 Å². The summed E-state index contributed by atoms with van der Waals surface area (Å²) in [5.74, 6) is 1.03. The van der Waals surface area contributed by atoms with Crippen molar-refractivity contribution in [1.29, 1.82) is 0 Å². The van der Waals surface area contributed by atoms with Crippen LogP contribution in [-0.4, -0.2) is 51.6 Å². The first-order chi connectivity index (χ1) is 14.8. The first-order valence-electron chi connectivity index (χ1n) is 11.0. The third-order valence-corrected chi connectivity index (χ3v) is 8.08. The highest BCUT2D eigenvalue weighted by Gasteiger charge is 2.30. The Balaban J connectivity index is 1.57. The molecule has 2 aromatic heterocycles. The van der Waals surface area contributed by atoms with Gasteiger partial charge in [-0.3, -0.25) is 14.4 Å². The topological polar surface area (TPSA) is 95.2 Å². The monoisotopic (exact) mass is 464 g/mol. The maximum atomic E-state index is 13.0. The number of unbranched alkanes of at least 4 members (excludes halogenated alkanes) is 1. The Bertz CT molecular complexity index is 1000. The molecule has 1 aliphatic rings. The van der Waals surface area contributed by atoms with E-state index in [1.165, 1.54) is 23.1 Å². The summed E-state index contributed by atoms with van der Waals surface area (Å²) in [4.78, 5) is 48.9. The van der Waals surface area contributed by atoms with E-state index in [-0.39, 0.29) is 28.5 Å². The average molecular weight is 465 g/mol. The van der Waals surface area contributed by atoms with Crippen molar-refractivity contribution in [3.63, 3.8) is 0 Å². The Morgan fingerprint density at radius 2 is 2.16 bits per heavy atom. The molecule has 0 radical (unpaired) electrons. The first-order valence-corrected chi connectivity index (χ1v) is 12.8.